The average molecular weight is 333 g/mol. The molecule has 0 N–H and O–H groups in total. The van der Waals surface area contributed by atoms with Gasteiger partial charge in [-0.3, -0.25) is 0 Å². The molecule has 1 aromatic heterocycles. The molecule has 0 fully saturated rings. The van der Waals surface area contributed by atoms with Gasteiger partial charge in [0.1, 0.15) is 0 Å². The van der Waals surface area contributed by atoms with E-state index in [4.69, 9.17) is 0 Å². The summed E-state index contributed by atoms with van der Waals surface area (Å²) in [5.74, 6) is 0. The normalized spacial score (nSPS) is 11.9. The molecule has 0 unspecified atom stereocenters. The van der Waals surface area contributed by atoms with Crippen molar-refractivity contribution in [3.05, 3.63) is 78.4 Å². The standard InChI is InChI=1S/C20H15NO2S/c1-14-10-12-15(13-11-14)24(22,23)20-18-8-3-2-6-16(18)17-7-4-5-9-19(17)21-20/h2-13H,1H3. The second-order valence-corrected chi connectivity index (χ2v) is 7.66. The molecule has 4 heteroatoms. The monoisotopic (exact) mass is 333 g/mol. The molecule has 0 aliphatic heterocycles. The van der Waals surface area contributed by atoms with Gasteiger partial charge in [-0.2, -0.15) is 0 Å². The number of hydrogen-bond donors (Lipinski definition) is 0. The van der Waals surface area contributed by atoms with Crippen LogP contribution >= 0.6 is 0 Å². The van der Waals surface area contributed by atoms with E-state index in [1.54, 1.807) is 24.3 Å². The van der Waals surface area contributed by atoms with Gasteiger partial charge in [0.2, 0.25) is 9.84 Å². The fraction of sp³-hybridized carbons (Fsp3) is 0.0500. The summed E-state index contributed by atoms with van der Waals surface area (Å²) in [5, 5.41) is 2.61. The van der Waals surface area contributed by atoms with Crippen LogP contribution in [0.3, 0.4) is 0 Å². The van der Waals surface area contributed by atoms with Crippen LogP contribution in [0, 0.1) is 6.92 Å². The summed E-state index contributed by atoms with van der Waals surface area (Å²) in [7, 11) is -3.68. The third-order valence-corrected chi connectivity index (χ3v) is 5.87. The second-order valence-electron chi connectivity index (χ2n) is 5.80. The molecule has 0 bridgehead atoms. The lowest BCUT2D eigenvalue weighted by molar-refractivity contribution is 0.594. The van der Waals surface area contributed by atoms with E-state index in [0.29, 0.717) is 10.9 Å². The summed E-state index contributed by atoms with van der Waals surface area (Å²) in [6.45, 7) is 1.93. The van der Waals surface area contributed by atoms with Gasteiger partial charge in [0, 0.05) is 10.8 Å². The number of hydrogen-bond acceptors (Lipinski definition) is 3. The molecular formula is C20H15NO2S. The Balaban J connectivity index is 2.10. The summed E-state index contributed by atoms with van der Waals surface area (Å²) in [6, 6.07) is 22.0. The number of aryl methyl sites for hydroxylation is 1. The van der Waals surface area contributed by atoms with Crippen molar-refractivity contribution in [2.24, 2.45) is 0 Å². The maximum Gasteiger partial charge on any atom is 0.224 e. The van der Waals surface area contributed by atoms with Gasteiger partial charge in [-0.05, 0) is 30.5 Å². The van der Waals surface area contributed by atoms with E-state index in [1.165, 1.54) is 0 Å². The van der Waals surface area contributed by atoms with Crippen molar-refractivity contribution in [1.82, 2.24) is 4.98 Å². The average Bonchev–Trinajstić information content (AvgIpc) is 2.61. The van der Waals surface area contributed by atoms with Crippen LogP contribution in [-0.4, -0.2) is 13.4 Å². The molecular weight excluding hydrogens is 318 g/mol. The SMILES string of the molecule is Cc1ccc(S(=O)(=O)c2nc3ccccc3c3ccccc23)cc1. The zero-order valence-corrected chi connectivity index (χ0v) is 13.9. The predicted molar refractivity (Wildman–Crippen MR) is 95.9 cm³/mol. The first-order valence-corrected chi connectivity index (χ1v) is 9.15. The van der Waals surface area contributed by atoms with Crippen molar-refractivity contribution < 1.29 is 8.42 Å². The topological polar surface area (TPSA) is 47.0 Å². The van der Waals surface area contributed by atoms with Crippen LogP contribution in [0.1, 0.15) is 5.56 Å². The maximum absolute atomic E-state index is 13.1. The van der Waals surface area contributed by atoms with Crippen molar-refractivity contribution >= 4 is 31.5 Å². The van der Waals surface area contributed by atoms with Crippen molar-refractivity contribution in [1.29, 1.82) is 0 Å². The molecule has 0 saturated heterocycles. The van der Waals surface area contributed by atoms with Crippen molar-refractivity contribution in [3.63, 3.8) is 0 Å². The van der Waals surface area contributed by atoms with Crippen LogP contribution < -0.4 is 0 Å². The minimum Gasteiger partial charge on any atom is -0.235 e. The minimum absolute atomic E-state index is 0.112. The fourth-order valence-corrected chi connectivity index (χ4v) is 4.31. The highest BCUT2D eigenvalue weighted by Crippen LogP contribution is 2.31. The Hall–Kier alpha value is -2.72. The van der Waals surface area contributed by atoms with Crippen molar-refractivity contribution in [2.45, 2.75) is 16.8 Å². The molecule has 0 amide bonds. The van der Waals surface area contributed by atoms with E-state index in [0.717, 1.165) is 16.3 Å². The van der Waals surface area contributed by atoms with Crippen molar-refractivity contribution in [3.8, 4) is 0 Å². The van der Waals surface area contributed by atoms with Crippen LogP contribution in [0.4, 0.5) is 0 Å². The number of aromatic nitrogens is 1. The van der Waals surface area contributed by atoms with E-state index in [1.807, 2.05) is 55.5 Å². The van der Waals surface area contributed by atoms with Crippen molar-refractivity contribution in [2.75, 3.05) is 0 Å². The van der Waals surface area contributed by atoms with E-state index in [9.17, 15) is 8.42 Å². The summed E-state index contributed by atoms with van der Waals surface area (Å²) >= 11 is 0. The highest BCUT2D eigenvalue weighted by molar-refractivity contribution is 7.91. The number of fused-ring (bicyclic) bond motifs is 3. The smallest absolute Gasteiger partial charge is 0.224 e. The summed E-state index contributed by atoms with van der Waals surface area (Å²) in [6.07, 6.45) is 0. The Bertz CT molecular complexity index is 1160. The van der Waals surface area contributed by atoms with Gasteiger partial charge in [-0.1, -0.05) is 60.2 Å². The minimum atomic E-state index is -3.68. The Kier molecular flexibility index (Phi) is 3.36. The summed E-state index contributed by atoms with van der Waals surface area (Å²) in [5.41, 5.74) is 1.70. The van der Waals surface area contributed by atoms with Gasteiger partial charge in [-0.25, -0.2) is 13.4 Å². The summed E-state index contributed by atoms with van der Waals surface area (Å²) < 4.78 is 26.3. The van der Waals surface area contributed by atoms with Gasteiger partial charge < -0.3 is 0 Å². The lowest BCUT2D eigenvalue weighted by Gasteiger charge is -2.10. The molecule has 3 aromatic carbocycles. The molecule has 4 aromatic rings. The third kappa shape index (κ3) is 2.27. The highest BCUT2D eigenvalue weighted by Gasteiger charge is 2.23. The van der Waals surface area contributed by atoms with Crippen LogP contribution in [0.5, 0.6) is 0 Å². The Morgan fingerprint density at radius 3 is 2.00 bits per heavy atom. The first-order valence-electron chi connectivity index (χ1n) is 7.66. The van der Waals surface area contributed by atoms with Gasteiger partial charge in [0.05, 0.1) is 10.4 Å². The zero-order chi connectivity index (χ0) is 16.7. The Morgan fingerprint density at radius 2 is 1.29 bits per heavy atom. The number of rotatable bonds is 2. The number of nitrogens with zero attached hydrogens (tertiary/aromatic N) is 1. The molecule has 0 aliphatic rings. The lowest BCUT2D eigenvalue weighted by Crippen LogP contribution is -2.06. The number of benzene rings is 3. The molecule has 24 heavy (non-hydrogen) atoms. The maximum atomic E-state index is 13.1. The highest BCUT2D eigenvalue weighted by atomic mass is 32.2. The Labute approximate surface area is 140 Å². The molecule has 0 radical (unpaired) electrons. The molecule has 118 valence electrons. The van der Waals surface area contributed by atoms with E-state index in [2.05, 4.69) is 4.98 Å². The van der Waals surface area contributed by atoms with Crippen LogP contribution in [0.25, 0.3) is 21.7 Å². The lowest BCUT2D eigenvalue weighted by atomic mass is 10.1. The largest absolute Gasteiger partial charge is 0.235 e. The van der Waals surface area contributed by atoms with Gasteiger partial charge in [0.15, 0.2) is 5.03 Å². The fourth-order valence-electron chi connectivity index (χ4n) is 2.91. The first kappa shape index (κ1) is 14.8. The quantitative estimate of drug-likeness (QED) is 0.506. The molecule has 0 saturated carbocycles. The van der Waals surface area contributed by atoms with E-state index >= 15 is 0 Å². The van der Waals surface area contributed by atoms with Gasteiger partial charge in [0.25, 0.3) is 0 Å². The second kappa shape index (κ2) is 5.42. The Morgan fingerprint density at radius 1 is 0.708 bits per heavy atom. The van der Waals surface area contributed by atoms with E-state index in [-0.39, 0.29) is 9.92 Å². The number of pyridine rings is 1. The van der Waals surface area contributed by atoms with Crippen LogP contribution in [0.15, 0.2) is 82.7 Å². The van der Waals surface area contributed by atoms with Crippen LogP contribution in [0.2, 0.25) is 0 Å². The number of sulfone groups is 1. The number of para-hydroxylation sites is 1. The van der Waals surface area contributed by atoms with Gasteiger partial charge in [-0.15, -0.1) is 0 Å². The van der Waals surface area contributed by atoms with Crippen LogP contribution in [-0.2, 0) is 9.84 Å². The third-order valence-electron chi connectivity index (χ3n) is 4.16. The van der Waals surface area contributed by atoms with Gasteiger partial charge >= 0.3 is 0 Å². The molecule has 0 aliphatic carbocycles. The first-order chi connectivity index (χ1) is 11.6. The predicted octanol–water partition coefficient (Wildman–Crippen LogP) is 4.53. The van der Waals surface area contributed by atoms with E-state index < -0.39 is 9.84 Å². The molecule has 0 spiro atoms. The molecule has 0 atom stereocenters. The molecule has 1 heterocycles. The molecule has 3 nitrogen and oxygen atoms in total. The molecule has 4 rings (SSSR count). The summed E-state index contributed by atoms with van der Waals surface area (Å²) in [4.78, 5) is 4.75. The zero-order valence-electron chi connectivity index (χ0n) is 13.1.